The number of hydrogen-bond acceptors (Lipinski definition) is 2. The maximum absolute atomic E-state index is 13.7. The maximum Gasteiger partial charge on any atom is 0.129 e. The highest BCUT2D eigenvalue weighted by Crippen LogP contribution is 2.38. The summed E-state index contributed by atoms with van der Waals surface area (Å²) in [6.45, 7) is 0. The van der Waals surface area contributed by atoms with Gasteiger partial charge in [-0.15, -0.1) is 11.8 Å². The molecule has 0 saturated carbocycles. The summed E-state index contributed by atoms with van der Waals surface area (Å²) in [4.78, 5) is 1.26. The van der Waals surface area contributed by atoms with E-state index in [0.717, 1.165) is 12.5 Å². The largest absolute Gasteiger partial charge is 0.326 e. The number of hydrogen-bond donors (Lipinski definition) is 1. The highest BCUT2D eigenvalue weighted by Gasteiger charge is 2.27. The monoisotopic (exact) mass is 291 g/mol. The minimum absolute atomic E-state index is 0.146. The van der Waals surface area contributed by atoms with Crippen LogP contribution in [0.15, 0.2) is 47.4 Å². The van der Waals surface area contributed by atoms with Crippen molar-refractivity contribution in [2.24, 2.45) is 5.73 Å². The highest BCUT2D eigenvalue weighted by atomic mass is 32.2. The lowest BCUT2D eigenvalue weighted by molar-refractivity contribution is 0.554. The van der Waals surface area contributed by atoms with Gasteiger partial charge in [-0.3, -0.25) is 0 Å². The van der Waals surface area contributed by atoms with E-state index in [4.69, 9.17) is 5.73 Å². The predicted octanol–water partition coefficient (Wildman–Crippen LogP) is 3.55. The molecule has 2 unspecified atom stereocenters. The van der Waals surface area contributed by atoms with Crippen LogP contribution in [0.3, 0.4) is 0 Å². The summed E-state index contributed by atoms with van der Waals surface area (Å²) < 4.78 is 26.5. The Labute approximate surface area is 121 Å². The summed E-state index contributed by atoms with van der Waals surface area (Å²) in [7, 11) is 0. The number of thioether (sulfide) groups is 1. The fourth-order valence-electron chi connectivity index (χ4n) is 2.52. The van der Waals surface area contributed by atoms with E-state index in [9.17, 15) is 8.78 Å². The van der Waals surface area contributed by atoms with Gasteiger partial charge in [0.1, 0.15) is 11.6 Å². The topological polar surface area (TPSA) is 26.0 Å². The minimum atomic E-state index is -0.553. The van der Waals surface area contributed by atoms with Gasteiger partial charge >= 0.3 is 0 Å². The summed E-state index contributed by atoms with van der Waals surface area (Å²) >= 11 is 1.75. The van der Waals surface area contributed by atoms with Gasteiger partial charge in [0.2, 0.25) is 0 Å². The first kappa shape index (κ1) is 13.6. The molecule has 1 nitrogen and oxygen atoms in total. The van der Waals surface area contributed by atoms with Crippen LogP contribution in [0, 0.1) is 11.6 Å². The molecule has 2 N–H and O–H groups in total. The van der Waals surface area contributed by atoms with Gasteiger partial charge in [0.15, 0.2) is 0 Å². The zero-order valence-corrected chi connectivity index (χ0v) is 11.7. The molecule has 0 bridgehead atoms. The quantitative estimate of drug-likeness (QED) is 0.936. The number of benzene rings is 2. The second-order valence-electron chi connectivity index (χ2n) is 5.07. The molecule has 104 valence electrons. The summed E-state index contributed by atoms with van der Waals surface area (Å²) in [5, 5.41) is 0.247. The van der Waals surface area contributed by atoms with E-state index in [1.165, 1.54) is 22.6 Å². The summed E-state index contributed by atoms with van der Waals surface area (Å²) in [6, 6.07) is 11.8. The molecule has 4 heteroatoms. The molecule has 1 heterocycles. The molecule has 1 aliphatic heterocycles. The fraction of sp³-hybridized carbons (Fsp3) is 0.250. The van der Waals surface area contributed by atoms with E-state index in [-0.39, 0.29) is 11.3 Å². The summed E-state index contributed by atoms with van der Waals surface area (Å²) in [6.07, 6.45) is 1.34. The van der Waals surface area contributed by atoms with Gasteiger partial charge in [0.05, 0.1) is 0 Å². The third-order valence-electron chi connectivity index (χ3n) is 3.62. The molecule has 0 aromatic heterocycles. The molecule has 0 amide bonds. The lowest BCUT2D eigenvalue weighted by Gasteiger charge is -2.18. The van der Waals surface area contributed by atoms with E-state index in [1.807, 2.05) is 12.1 Å². The third-order valence-corrected chi connectivity index (χ3v) is 5.09. The van der Waals surface area contributed by atoms with Gasteiger partial charge in [-0.05, 0) is 36.1 Å². The van der Waals surface area contributed by atoms with Crippen LogP contribution in [0.1, 0.15) is 11.1 Å². The Balaban J connectivity index is 1.70. The molecular formula is C16H15F2NS. The van der Waals surface area contributed by atoms with Crippen molar-refractivity contribution in [1.82, 2.24) is 0 Å². The molecular weight excluding hydrogens is 276 g/mol. The predicted molar refractivity (Wildman–Crippen MR) is 77.8 cm³/mol. The first-order chi connectivity index (χ1) is 9.63. The fourth-order valence-corrected chi connectivity index (χ4v) is 3.84. The Kier molecular flexibility index (Phi) is 3.76. The van der Waals surface area contributed by atoms with E-state index in [1.54, 1.807) is 11.8 Å². The van der Waals surface area contributed by atoms with Gasteiger partial charge < -0.3 is 5.73 Å². The molecule has 1 aliphatic rings. The molecule has 0 spiro atoms. The highest BCUT2D eigenvalue weighted by molar-refractivity contribution is 8.00. The van der Waals surface area contributed by atoms with Crippen molar-refractivity contribution < 1.29 is 8.78 Å². The SMILES string of the molecule is NC(Cc1ccc(F)cc1F)C1Cc2ccccc2S1. The molecule has 2 aromatic rings. The second-order valence-corrected chi connectivity index (χ2v) is 6.35. The third kappa shape index (κ3) is 2.72. The summed E-state index contributed by atoms with van der Waals surface area (Å²) in [5.74, 6) is -1.07. The van der Waals surface area contributed by atoms with Gasteiger partial charge in [-0.25, -0.2) is 8.78 Å². The van der Waals surface area contributed by atoms with Crippen LogP contribution in [0.4, 0.5) is 8.78 Å². The molecule has 2 aromatic carbocycles. The van der Waals surface area contributed by atoms with Gasteiger partial charge in [-0.1, -0.05) is 24.3 Å². The molecule has 0 saturated heterocycles. The second kappa shape index (κ2) is 5.54. The lowest BCUT2D eigenvalue weighted by Crippen LogP contribution is -2.34. The van der Waals surface area contributed by atoms with Crippen molar-refractivity contribution in [3.05, 3.63) is 65.2 Å². The summed E-state index contributed by atoms with van der Waals surface area (Å²) in [5.41, 5.74) is 8.00. The Bertz CT molecular complexity index is 605. The van der Waals surface area contributed by atoms with Crippen LogP contribution in [0.25, 0.3) is 0 Å². The van der Waals surface area contributed by atoms with Gasteiger partial charge in [0, 0.05) is 22.3 Å². The first-order valence-electron chi connectivity index (χ1n) is 6.57. The normalized spacial score (nSPS) is 18.9. The number of nitrogens with two attached hydrogens (primary N) is 1. The van der Waals surface area contributed by atoms with Crippen molar-refractivity contribution >= 4 is 11.8 Å². The van der Waals surface area contributed by atoms with Crippen LogP contribution in [-0.4, -0.2) is 11.3 Å². The molecule has 0 fully saturated rings. The first-order valence-corrected chi connectivity index (χ1v) is 7.45. The van der Waals surface area contributed by atoms with Crippen LogP contribution < -0.4 is 5.73 Å². The minimum Gasteiger partial charge on any atom is -0.326 e. The van der Waals surface area contributed by atoms with Crippen molar-refractivity contribution in [1.29, 1.82) is 0 Å². The van der Waals surface area contributed by atoms with Crippen LogP contribution >= 0.6 is 11.8 Å². The Morgan fingerprint density at radius 1 is 1.20 bits per heavy atom. The van der Waals surface area contributed by atoms with Crippen LogP contribution in [0.2, 0.25) is 0 Å². The molecule has 3 rings (SSSR count). The average Bonchev–Trinajstić information content (AvgIpc) is 2.86. The zero-order valence-electron chi connectivity index (χ0n) is 10.9. The van der Waals surface area contributed by atoms with E-state index in [2.05, 4.69) is 12.1 Å². The molecule has 0 aliphatic carbocycles. The van der Waals surface area contributed by atoms with E-state index < -0.39 is 11.6 Å². The smallest absolute Gasteiger partial charge is 0.129 e. The van der Waals surface area contributed by atoms with Crippen molar-refractivity contribution in [3.8, 4) is 0 Å². The van der Waals surface area contributed by atoms with Crippen LogP contribution in [0.5, 0.6) is 0 Å². The Hall–Kier alpha value is -1.39. The average molecular weight is 291 g/mol. The van der Waals surface area contributed by atoms with Crippen molar-refractivity contribution in [3.63, 3.8) is 0 Å². The van der Waals surface area contributed by atoms with Crippen molar-refractivity contribution in [2.75, 3.05) is 0 Å². The van der Waals surface area contributed by atoms with Gasteiger partial charge in [-0.2, -0.15) is 0 Å². The van der Waals surface area contributed by atoms with E-state index >= 15 is 0 Å². The maximum atomic E-state index is 13.7. The molecule has 20 heavy (non-hydrogen) atoms. The number of halogens is 2. The lowest BCUT2D eigenvalue weighted by atomic mass is 9.99. The number of rotatable bonds is 3. The van der Waals surface area contributed by atoms with Crippen molar-refractivity contribution in [2.45, 2.75) is 29.0 Å². The Morgan fingerprint density at radius 2 is 2.00 bits per heavy atom. The zero-order chi connectivity index (χ0) is 14.1. The molecule has 2 atom stereocenters. The van der Waals surface area contributed by atoms with Crippen LogP contribution in [-0.2, 0) is 12.8 Å². The van der Waals surface area contributed by atoms with Gasteiger partial charge in [0.25, 0.3) is 0 Å². The van der Waals surface area contributed by atoms with E-state index in [0.29, 0.717) is 12.0 Å². The molecule has 0 radical (unpaired) electrons. The standard InChI is InChI=1S/C16H15F2NS/c17-12-6-5-10(13(18)9-12)7-14(19)16-8-11-3-1-2-4-15(11)20-16/h1-6,9,14,16H,7-8,19H2. The number of fused-ring (bicyclic) bond motifs is 1. The Morgan fingerprint density at radius 3 is 2.75 bits per heavy atom.